The first-order chi connectivity index (χ1) is 18.5. The normalized spacial score (nSPS) is 16.7. The number of carbonyl (C=O) groups excluding carboxylic acids is 2. The van der Waals surface area contributed by atoms with Gasteiger partial charge >= 0.3 is 0 Å². The monoisotopic (exact) mass is 533 g/mol. The second-order valence-corrected chi connectivity index (χ2v) is 11.1. The Morgan fingerprint density at radius 3 is 2.26 bits per heavy atom. The van der Waals surface area contributed by atoms with Crippen LogP contribution in [0, 0.1) is 5.92 Å². The SMILES string of the molecule is CC1CCN(C(=O)CSc2nc3ccccc3c(=O)n2CCC(=O)N2CCN(c3ccccc3)CC2)CC1. The Morgan fingerprint density at radius 1 is 0.868 bits per heavy atom. The van der Waals surface area contributed by atoms with Gasteiger partial charge in [0, 0.05) is 57.9 Å². The number of nitrogens with zero attached hydrogens (tertiary/aromatic N) is 5. The number of piperazine rings is 1. The molecular formula is C29H35N5O3S. The summed E-state index contributed by atoms with van der Waals surface area (Å²) in [6.45, 7) is 6.91. The van der Waals surface area contributed by atoms with Gasteiger partial charge in [-0.1, -0.05) is 49.0 Å². The highest BCUT2D eigenvalue weighted by molar-refractivity contribution is 7.99. The second-order valence-electron chi connectivity index (χ2n) is 10.2. The number of thioether (sulfide) groups is 1. The number of likely N-dealkylation sites (tertiary alicyclic amines) is 1. The van der Waals surface area contributed by atoms with Crippen molar-refractivity contribution in [2.45, 2.75) is 37.9 Å². The fourth-order valence-electron chi connectivity index (χ4n) is 5.15. The molecule has 8 nitrogen and oxygen atoms in total. The fourth-order valence-corrected chi connectivity index (χ4v) is 6.08. The van der Waals surface area contributed by atoms with Crippen molar-refractivity contribution >= 4 is 40.2 Å². The standard InChI is InChI=1S/C29H35N5O3S/c1-22-11-14-32(15-12-22)27(36)21-38-29-30-25-10-6-5-9-24(25)28(37)34(29)16-13-26(35)33-19-17-31(18-20-33)23-7-3-2-4-8-23/h2-10,22H,11-21H2,1H3. The van der Waals surface area contributed by atoms with Gasteiger partial charge < -0.3 is 14.7 Å². The van der Waals surface area contributed by atoms with Crippen LogP contribution in [0.2, 0.25) is 0 Å². The summed E-state index contributed by atoms with van der Waals surface area (Å²) in [6.07, 6.45) is 2.27. The van der Waals surface area contributed by atoms with Gasteiger partial charge in [0.05, 0.1) is 16.7 Å². The number of anilines is 1. The van der Waals surface area contributed by atoms with Gasteiger partial charge in [0.25, 0.3) is 5.56 Å². The summed E-state index contributed by atoms with van der Waals surface area (Å²) in [4.78, 5) is 50.2. The zero-order valence-electron chi connectivity index (χ0n) is 21.9. The van der Waals surface area contributed by atoms with Crippen LogP contribution in [0.1, 0.15) is 26.2 Å². The van der Waals surface area contributed by atoms with Crippen LogP contribution in [0.3, 0.4) is 0 Å². The van der Waals surface area contributed by atoms with Crippen LogP contribution in [0.15, 0.2) is 64.5 Å². The van der Waals surface area contributed by atoms with Crippen LogP contribution >= 0.6 is 11.8 Å². The van der Waals surface area contributed by atoms with E-state index in [0.29, 0.717) is 35.1 Å². The number of carbonyl (C=O) groups is 2. The molecule has 0 saturated carbocycles. The van der Waals surface area contributed by atoms with Gasteiger partial charge in [-0.3, -0.25) is 19.0 Å². The summed E-state index contributed by atoms with van der Waals surface area (Å²) in [7, 11) is 0. The van der Waals surface area contributed by atoms with Crippen LogP contribution < -0.4 is 10.5 Å². The molecule has 2 fully saturated rings. The number of hydrogen-bond donors (Lipinski definition) is 0. The molecule has 2 aliphatic heterocycles. The molecule has 3 aromatic rings. The lowest BCUT2D eigenvalue weighted by Gasteiger charge is -2.36. The number of hydrogen-bond acceptors (Lipinski definition) is 6. The van der Waals surface area contributed by atoms with Crippen molar-refractivity contribution in [1.29, 1.82) is 0 Å². The molecule has 2 aromatic carbocycles. The summed E-state index contributed by atoms with van der Waals surface area (Å²) >= 11 is 1.29. The zero-order valence-corrected chi connectivity index (χ0v) is 22.7. The molecule has 200 valence electrons. The Bertz CT molecular complexity index is 1330. The number of aromatic nitrogens is 2. The van der Waals surface area contributed by atoms with E-state index in [1.807, 2.05) is 46.2 Å². The van der Waals surface area contributed by atoms with Crippen molar-refractivity contribution in [3.8, 4) is 0 Å². The minimum atomic E-state index is -0.168. The van der Waals surface area contributed by atoms with Crippen molar-refractivity contribution in [2.75, 3.05) is 49.9 Å². The first kappa shape index (κ1) is 26.3. The van der Waals surface area contributed by atoms with E-state index in [1.165, 1.54) is 17.4 Å². The van der Waals surface area contributed by atoms with Gasteiger partial charge in [-0.05, 0) is 43.0 Å². The van der Waals surface area contributed by atoms with Crippen LogP contribution in [0.5, 0.6) is 0 Å². The fraction of sp³-hybridized carbons (Fsp3) is 0.448. The maximum absolute atomic E-state index is 13.4. The van der Waals surface area contributed by atoms with E-state index < -0.39 is 0 Å². The molecule has 9 heteroatoms. The summed E-state index contributed by atoms with van der Waals surface area (Å²) < 4.78 is 1.58. The number of fused-ring (bicyclic) bond motifs is 1. The minimum absolute atomic E-state index is 0.0345. The zero-order chi connectivity index (χ0) is 26.5. The number of amides is 2. The van der Waals surface area contributed by atoms with E-state index >= 15 is 0 Å². The quantitative estimate of drug-likeness (QED) is 0.342. The Balaban J connectivity index is 1.25. The van der Waals surface area contributed by atoms with E-state index in [0.717, 1.165) is 39.0 Å². The van der Waals surface area contributed by atoms with Crippen molar-refractivity contribution in [2.24, 2.45) is 5.92 Å². The molecule has 0 unspecified atom stereocenters. The molecule has 0 radical (unpaired) electrons. The molecule has 0 aliphatic carbocycles. The number of para-hydroxylation sites is 2. The lowest BCUT2D eigenvalue weighted by molar-refractivity contribution is -0.132. The average Bonchev–Trinajstić information content (AvgIpc) is 2.96. The molecule has 0 atom stereocenters. The summed E-state index contributed by atoms with van der Waals surface area (Å²) in [5.74, 6) is 0.988. The van der Waals surface area contributed by atoms with Gasteiger partial charge in [-0.15, -0.1) is 0 Å². The Morgan fingerprint density at radius 2 is 1.53 bits per heavy atom. The summed E-state index contributed by atoms with van der Waals surface area (Å²) in [5, 5.41) is 1.02. The molecule has 2 saturated heterocycles. The molecular weight excluding hydrogens is 498 g/mol. The topological polar surface area (TPSA) is 78.8 Å². The second kappa shape index (κ2) is 12.0. The molecule has 0 N–H and O–H groups in total. The maximum Gasteiger partial charge on any atom is 0.262 e. The Hall–Kier alpha value is -3.33. The molecule has 38 heavy (non-hydrogen) atoms. The molecule has 5 rings (SSSR count). The summed E-state index contributed by atoms with van der Waals surface area (Å²) in [5.41, 5.74) is 1.61. The predicted octanol–water partition coefficient (Wildman–Crippen LogP) is 3.49. The lowest BCUT2D eigenvalue weighted by Crippen LogP contribution is -2.49. The molecule has 0 bridgehead atoms. The highest BCUT2D eigenvalue weighted by Crippen LogP contribution is 2.22. The van der Waals surface area contributed by atoms with Gasteiger partial charge in [0.2, 0.25) is 11.8 Å². The molecule has 2 aliphatic rings. The average molecular weight is 534 g/mol. The van der Waals surface area contributed by atoms with Crippen molar-refractivity contribution in [1.82, 2.24) is 19.4 Å². The van der Waals surface area contributed by atoms with Crippen LogP contribution in [0.4, 0.5) is 5.69 Å². The smallest absolute Gasteiger partial charge is 0.262 e. The number of piperidine rings is 1. The van der Waals surface area contributed by atoms with Crippen LogP contribution in [-0.2, 0) is 16.1 Å². The van der Waals surface area contributed by atoms with Crippen molar-refractivity contribution < 1.29 is 9.59 Å². The van der Waals surface area contributed by atoms with E-state index in [1.54, 1.807) is 10.6 Å². The third-order valence-electron chi connectivity index (χ3n) is 7.59. The van der Waals surface area contributed by atoms with E-state index in [9.17, 15) is 14.4 Å². The summed E-state index contributed by atoms with van der Waals surface area (Å²) in [6, 6.07) is 17.5. The minimum Gasteiger partial charge on any atom is -0.368 e. The first-order valence-electron chi connectivity index (χ1n) is 13.5. The van der Waals surface area contributed by atoms with E-state index in [4.69, 9.17) is 4.98 Å². The predicted molar refractivity (Wildman–Crippen MR) is 152 cm³/mol. The third kappa shape index (κ3) is 6.04. The van der Waals surface area contributed by atoms with Gasteiger partial charge in [-0.25, -0.2) is 4.98 Å². The van der Waals surface area contributed by atoms with E-state index in [-0.39, 0.29) is 36.1 Å². The molecule has 1 aromatic heterocycles. The number of rotatable bonds is 7. The molecule has 3 heterocycles. The lowest BCUT2D eigenvalue weighted by atomic mass is 9.99. The van der Waals surface area contributed by atoms with Crippen molar-refractivity contribution in [3.05, 3.63) is 65.0 Å². The Kier molecular flexibility index (Phi) is 8.32. The highest BCUT2D eigenvalue weighted by Gasteiger charge is 2.23. The van der Waals surface area contributed by atoms with Crippen LogP contribution in [0.25, 0.3) is 10.9 Å². The van der Waals surface area contributed by atoms with Gasteiger partial charge in [0.15, 0.2) is 5.16 Å². The highest BCUT2D eigenvalue weighted by atomic mass is 32.2. The maximum atomic E-state index is 13.4. The van der Waals surface area contributed by atoms with Crippen molar-refractivity contribution in [3.63, 3.8) is 0 Å². The van der Waals surface area contributed by atoms with Gasteiger partial charge in [0.1, 0.15) is 0 Å². The van der Waals surface area contributed by atoms with Gasteiger partial charge in [-0.2, -0.15) is 0 Å². The van der Waals surface area contributed by atoms with Crippen LogP contribution in [-0.4, -0.2) is 76.2 Å². The number of benzene rings is 2. The Labute approximate surface area is 227 Å². The molecule has 2 amide bonds. The largest absolute Gasteiger partial charge is 0.368 e. The first-order valence-corrected chi connectivity index (χ1v) is 14.5. The van der Waals surface area contributed by atoms with E-state index in [2.05, 4.69) is 24.0 Å². The molecule has 0 spiro atoms. The third-order valence-corrected chi connectivity index (χ3v) is 8.55.